The van der Waals surface area contributed by atoms with E-state index in [1.165, 1.54) is 6.07 Å². The van der Waals surface area contributed by atoms with Crippen LogP contribution in [0.3, 0.4) is 0 Å². The van der Waals surface area contributed by atoms with Crippen molar-refractivity contribution in [3.63, 3.8) is 0 Å². The Kier molecular flexibility index (Phi) is 3.75. The van der Waals surface area contributed by atoms with Gasteiger partial charge in [-0.2, -0.15) is 0 Å². The molecule has 2 rings (SSSR count). The van der Waals surface area contributed by atoms with Crippen LogP contribution in [0.2, 0.25) is 0 Å². The second-order valence-electron chi connectivity index (χ2n) is 4.37. The van der Waals surface area contributed by atoms with Gasteiger partial charge in [0, 0.05) is 13.1 Å². The summed E-state index contributed by atoms with van der Waals surface area (Å²) in [4.78, 5) is 23.7. The summed E-state index contributed by atoms with van der Waals surface area (Å²) in [5.74, 6) is -3.65. The van der Waals surface area contributed by atoms with Crippen LogP contribution in [0.5, 0.6) is 0 Å². The molecular formula is C12H12F2N2O3. The molecule has 0 atom stereocenters. The number of carbonyl (C=O) groups is 2. The third-order valence-corrected chi connectivity index (χ3v) is 2.90. The first-order valence-electron chi connectivity index (χ1n) is 5.66. The summed E-state index contributed by atoms with van der Waals surface area (Å²) in [5.41, 5.74) is -0.484. The molecule has 7 heteroatoms. The Morgan fingerprint density at radius 3 is 2.42 bits per heavy atom. The van der Waals surface area contributed by atoms with E-state index in [-0.39, 0.29) is 19.6 Å². The SMILES string of the molecule is O=C(CN1CC(C(=O)O)C1)Nc1c(F)cccc1F. The smallest absolute Gasteiger partial charge is 0.309 e. The molecule has 1 amide bonds. The summed E-state index contributed by atoms with van der Waals surface area (Å²) in [5, 5.41) is 10.8. The van der Waals surface area contributed by atoms with Crippen LogP contribution in [0.25, 0.3) is 0 Å². The van der Waals surface area contributed by atoms with Crippen LogP contribution in [0.4, 0.5) is 14.5 Å². The average molecular weight is 270 g/mol. The summed E-state index contributed by atoms with van der Waals surface area (Å²) < 4.78 is 26.5. The van der Waals surface area contributed by atoms with Crippen molar-refractivity contribution in [1.82, 2.24) is 4.90 Å². The average Bonchev–Trinajstić information content (AvgIpc) is 2.27. The molecule has 1 aliphatic heterocycles. The normalized spacial score (nSPS) is 15.9. The van der Waals surface area contributed by atoms with Gasteiger partial charge in [-0.25, -0.2) is 8.78 Å². The molecule has 0 unspecified atom stereocenters. The zero-order chi connectivity index (χ0) is 14.0. The van der Waals surface area contributed by atoms with Crippen LogP contribution in [0, 0.1) is 17.6 Å². The van der Waals surface area contributed by atoms with Gasteiger partial charge in [-0.1, -0.05) is 6.07 Å². The highest BCUT2D eigenvalue weighted by Crippen LogP contribution is 2.19. The number of anilines is 1. The van der Waals surface area contributed by atoms with Crippen molar-refractivity contribution in [2.45, 2.75) is 0 Å². The second-order valence-corrected chi connectivity index (χ2v) is 4.37. The van der Waals surface area contributed by atoms with Gasteiger partial charge in [0.25, 0.3) is 0 Å². The number of nitrogens with one attached hydrogen (secondary N) is 1. The van der Waals surface area contributed by atoms with Crippen LogP contribution in [0.1, 0.15) is 0 Å². The zero-order valence-corrected chi connectivity index (χ0v) is 9.90. The van der Waals surface area contributed by atoms with Crippen molar-refractivity contribution in [2.75, 3.05) is 25.0 Å². The first-order valence-corrected chi connectivity index (χ1v) is 5.66. The van der Waals surface area contributed by atoms with Gasteiger partial charge in [0.15, 0.2) is 0 Å². The van der Waals surface area contributed by atoms with Crippen molar-refractivity contribution in [3.05, 3.63) is 29.8 Å². The van der Waals surface area contributed by atoms with E-state index in [4.69, 9.17) is 5.11 Å². The Balaban J connectivity index is 1.87. The lowest BCUT2D eigenvalue weighted by atomic mass is 10.0. The number of nitrogens with zero attached hydrogens (tertiary/aromatic N) is 1. The lowest BCUT2D eigenvalue weighted by Gasteiger charge is -2.35. The molecule has 1 fully saturated rings. The summed E-state index contributed by atoms with van der Waals surface area (Å²) in [6, 6.07) is 3.29. The Morgan fingerprint density at radius 2 is 1.89 bits per heavy atom. The van der Waals surface area contributed by atoms with Crippen LogP contribution < -0.4 is 5.32 Å². The highest BCUT2D eigenvalue weighted by Gasteiger charge is 2.33. The number of para-hydroxylation sites is 1. The van der Waals surface area contributed by atoms with Gasteiger partial charge in [0.2, 0.25) is 5.91 Å². The summed E-state index contributed by atoms with van der Waals surface area (Å²) in [6.45, 7) is 0.447. The quantitative estimate of drug-likeness (QED) is 0.853. The molecule has 1 saturated heterocycles. The van der Waals surface area contributed by atoms with E-state index in [9.17, 15) is 18.4 Å². The molecule has 102 valence electrons. The number of amides is 1. The number of hydrogen-bond acceptors (Lipinski definition) is 3. The molecule has 0 spiro atoms. The monoisotopic (exact) mass is 270 g/mol. The first kappa shape index (κ1) is 13.4. The number of likely N-dealkylation sites (tertiary alicyclic amines) is 1. The van der Waals surface area contributed by atoms with E-state index >= 15 is 0 Å². The van der Waals surface area contributed by atoms with Gasteiger partial charge in [0.05, 0.1) is 12.5 Å². The minimum Gasteiger partial charge on any atom is -0.481 e. The fraction of sp³-hybridized carbons (Fsp3) is 0.333. The van der Waals surface area contributed by atoms with Crippen LogP contribution in [0.15, 0.2) is 18.2 Å². The standard InChI is InChI=1S/C12H12F2N2O3/c13-8-2-1-3-9(14)11(8)15-10(17)6-16-4-7(5-16)12(18)19/h1-3,7H,4-6H2,(H,15,17)(H,18,19). The van der Waals surface area contributed by atoms with Crippen molar-refractivity contribution in [2.24, 2.45) is 5.92 Å². The number of aliphatic carboxylic acids is 1. The molecule has 1 aromatic carbocycles. The third-order valence-electron chi connectivity index (χ3n) is 2.90. The maximum absolute atomic E-state index is 13.3. The maximum Gasteiger partial charge on any atom is 0.309 e. The van der Waals surface area contributed by atoms with Crippen LogP contribution in [-0.4, -0.2) is 41.5 Å². The molecule has 0 aliphatic carbocycles. The first-order chi connectivity index (χ1) is 8.97. The predicted molar refractivity (Wildman–Crippen MR) is 62.6 cm³/mol. The molecule has 2 N–H and O–H groups in total. The number of hydrogen-bond donors (Lipinski definition) is 2. The highest BCUT2D eigenvalue weighted by molar-refractivity contribution is 5.92. The molecule has 0 radical (unpaired) electrons. The zero-order valence-electron chi connectivity index (χ0n) is 9.90. The van der Waals surface area contributed by atoms with Gasteiger partial charge < -0.3 is 10.4 Å². The number of rotatable bonds is 4. The van der Waals surface area contributed by atoms with Gasteiger partial charge in [-0.15, -0.1) is 0 Å². The Labute approximate surface area is 107 Å². The molecule has 1 aliphatic rings. The number of carbonyl (C=O) groups excluding carboxylic acids is 1. The lowest BCUT2D eigenvalue weighted by molar-refractivity contribution is -0.148. The molecule has 19 heavy (non-hydrogen) atoms. The number of benzene rings is 1. The summed E-state index contributed by atoms with van der Waals surface area (Å²) in [7, 11) is 0. The van der Waals surface area contributed by atoms with E-state index in [1.54, 1.807) is 4.90 Å². The van der Waals surface area contributed by atoms with E-state index in [0.717, 1.165) is 12.1 Å². The summed E-state index contributed by atoms with van der Waals surface area (Å²) in [6.07, 6.45) is 0. The maximum atomic E-state index is 13.3. The number of carboxylic acid groups (broad SMARTS) is 1. The van der Waals surface area contributed by atoms with E-state index < -0.39 is 35.1 Å². The van der Waals surface area contributed by atoms with Crippen molar-refractivity contribution in [3.8, 4) is 0 Å². The van der Waals surface area contributed by atoms with Gasteiger partial charge in [-0.05, 0) is 12.1 Å². The summed E-state index contributed by atoms with van der Waals surface area (Å²) >= 11 is 0. The molecular weight excluding hydrogens is 258 g/mol. The number of halogens is 2. The van der Waals surface area contributed by atoms with E-state index in [0.29, 0.717) is 0 Å². The lowest BCUT2D eigenvalue weighted by Crippen LogP contribution is -2.52. The third kappa shape index (κ3) is 3.05. The van der Waals surface area contributed by atoms with Crippen LogP contribution >= 0.6 is 0 Å². The van der Waals surface area contributed by atoms with Gasteiger partial charge in [-0.3, -0.25) is 14.5 Å². The van der Waals surface area contributed by atoms with Crippen molar-refractivity contribution >= 4 is 17.6 Å². The fourth-order valence-electron chi connectivity index (χ4n) is 1.85. The van der Waals surface area contributed by atoms with Gasteiger partial charge >= 0.3 is 5.97 Å². The van der Waals surface area contributed by atoms with Crippen molar-refractivity contribution < 1.29 is 23.5 Å². The molecule has 0 aromatic heterocycles. The largest absolute Gasteiger partial charge is 0.481 e. The van der Waals surface area contributed by atoms with Crippen LogP contribution in [-0.2, 0) is 9.59 Å². The molecule has 0 saturated carbocycles. The minimum absolute atomic E-state index is 0.0858. The molecule has 5 nitrogen and oxygen atoms in total. The van der Waals surface area contributed by atoms with E-state index in [2.05, 4.69) is 5.32 Å². The minimum atomic E-state index is -0.906. The molecule has 1 aromatic rings. The molecule has 1 heterocycles. The highest BCUT2D eigenvalue weighted by atomic mass is 19.1. The molecule has 0 bridgehead atoms. The number of carboxylic acids is 1. The van der Waals surface area contributed by atoms with Gasteiger partial charge in [0.1, 0.15) is 17.3 Å². The Hall–Kier alpha value is -2.02. The Morgan fingerprint density at radius 1 is 1.32 bits per heavy atom. The topological polar surface area (TPSA) is 69.6 Å². The predicted octanol–water partition coefficient (Wildman–Crippen LogP) is 0.920. The Bertz CT molecular complexity index is 495. The fourth-order valence-corrected chi connectivity index (χ4v) is 1.85. The van der Waals surface area contributed by atoms with Crippen molar-refractivity contribution in [1.29, 1.82) is 0 Å². The second kappa shape index (κ2) is 5.31. The van der Waals surface area contributed by atoms with E-state index in [1.807, 2.05) is 0 Å².